The summed E-state index contributed by atoms with van der Waals surface area (Å²) in [5, 5.41) is 3.49. The number of hydrogen-bond donors (Lipinski definition) is 1. The van der Waals surface area contributed by atoms with Gasteiger partial charge in [0.25, 0.3) is 0 Å². The van der Waals surface area contributed by atoms with Gasteiger partial charge in [0.05, 0.1) is 0 Å². The van der Waals surface area contributed by atoms with Gasteiger partial charge in [0.2, 0.25) is 0 Å². The molecule has 0 aliphatic carbocycles. The van der Waals surface area contributed by atoms with Crippen molar-refractivity contribution in [2.45, 2.75) is 64.8 Å². The Bertz CT molecular complexity index is 185. The van der Waals surface area contributed by atoms with Crippen LogP contribution >= 0.6 is 0 Å². The highest BCUT2D eigenvalue weighted by Gasteiger charge is 2.14. The van der Waals surface area contributed by atoms with E-state index in [9.17, 15) is 4.79 Å². The van der Waals surface area contributed by atoms with Gasteiger partial charge in [-0.05, 0) is 31.7 Å². The van der Waals surface area contributed by atoms with Crippen molar-refractivity contribution in [1.29, 1.82) is 0 Å². The molecule has 0 bridgehead atoms. The van der Waals surface area contributed by atoms with Crippen LogP contribution in [0.5, 0.6) is 0 Å². The second-order valence-corrected chi connectivity index (χ2v) is 4.94. The summed E-state index contributed by atoms with van der Waals surface area (Å²) in [6.45, 7) is 5.46. The lowest BCUT2D eigenvalue weighted by Gasteiger charge is -2.23. The Hall–Kier alpha value is -0.370. The fraction of sp³-hybridized carbons (Fsp3) is 0.923. The molecule has 88 valence electrons. The van der Waals surface area contributed by atoms with E-state index in [0.717, 1.165) is 32.2 Å². The summed E-state index contributed by atoms with van der Waals surface area (Å²) in [7, 11) is 0. The third-order valence-electron chi connectivity index (χ3n) is 3.46. The highest BCUT2D eigenvalue weighted by molar-refractivity contribution is 5.78. The van der Waals surface area contributed by atoms with Gasteiger partial charge in [-0.15, -0.1) is 0 Å². The Balaban J connectivity index is 2.10. The molecular formula is C13H25NO. The fourth-order valence-electron chi connectivity index (χ4n) is 2.14. The first-order valence-electron chi connectivity index (χ1n) is 6.47. The van der Waals surface area contributed by atoms with Crippen LogP contribution < -0.4 is 5.32 Å². The lowest BCUT2D eigenvalue weighted by Crippen LogP contribution is -2.34. The van der Waals surface area contributed by atoms with Crippen LogP contribution in [0.3, 0.4) is 0 Å². The van der Waals surface area contributed by atoms with E-state index < -0.39 is 0 Å². The van der Waals surface area contributed by atoms with E-state index in [0.29, 0.717) is 17.7 Å². The molecule has 0 aromatic carbocycles. The first-order valence-corrected chi connectivity index (χ1v) is 6.47. The summed E-state index contributed by atoms with van der Waals surface area (Å²) >= 11 is 0. The predicted molar refractivity (Wildman–Crippen MR) is 64.0 cm³/mol. The third-order valence-corrected chi connectivity index (χ3v) is 3.46. The maximum absolute atomic E-state index is 11.6. The van der Waals surface area contributed by atoms with Gasteiger partial charge >= 0.3 is 0 Å². The van der Waals surface area contributed by atoms with Crippen LogP contribution in [-0.2, 0) is 4.79 Å². The average molecular weight is 211 g/mol. The monoisotopic (exact) mass is 211 g/mol. The van der Waals surface area contributed by atoms with Crippen LogP contribution in [0.2, 0.25) is 0 Å². The van der Waals surface area contributed by atoms with E-state index in [1.54, 1.807) is 0 Å². The third kappa shape index (κ3) is 5.31. The molecule has 0 aromatic rings. The molecule has 1 fully saturated rings. The van der Waals surface area contributed by atoms with Crippen molar-refractivity contribution >= 4 is 5.78 Å². The second kappa shape index (κ2) is 7.00. The summed E-state index contributed by atoms with van der Waals surface area (Å²) in [4.78, 5) is 11.6. The molecule has 0 saturated carbocycles. The van der Waals surface area contributed by atoms with Gasteiger partial charge in [-0.2, -0.15) is 0 Å². The maximum Gasteiger partial charge on any atom is 0.133 e. The molecule has 1 rings (SSSR count). The van der Waals surface area contributed by atoms with Gasteiger partial charge < -0.3 is 5.32 Å². The summed E-state index contributed by atoms with van der Waals surface area (Å²) in [6.07, 6.45) is 7.62. The van der Waals surface area contributed by atoms with Crippen molar-refractivity contribution in [1.82, 2.24) is 5.32 Å². The van der Waals surface area contributed by atoms with Crippen molar-refractivity contribution in [3.05, 3.63) is 0 Å². The molecule has 0 spiro atoms. The largest absolute Gasteiger partial charge is 0.314 e. The molecule has 0 radical (unpaired) electrons. The van der Waals surface area contributed by atoms with Gasteiger partial charge in [-0.1, -0.05) is 26.7 Å². The number of ketones is 1. The number of piperidine rings is 1. The lowest BCUT2D eigenvalue weighted by atomic mass is 9.95. The molecule has 2 unspecified atom stereocenters. The molecule has 0 aromatic heterocycles. The second-order valence-electron chi connectivity index (χ2n) is 4.94. The van der Waals surface area contributed by atoms with Crippen LogP contribution in [0, 0.1) is 5.92 Å². The van der Waals surface area contributed by atoms with Gasteiger partial charge in [0, 0.05) is 18.9 Å². The number of carbonyl (C=O) groups excluding carboxylic acids is 1. The molecule has 0 amide bonds. The van der Waals surface area contributed by atoms with Crippen LogP contribution in [0.15, 0.2) is 0 Å². The highest BCUT2D eigenvalue weighted by Crippen LogP contribution is 2.14. The van der Waals surface area contributed by atoms with Crippen molar-refractivity contribution in [3.8, 4) is 0 Å². The molecule has 2 atom stereocenters. The zero-order valence-corrected chi connectivity index (χ0v) is 10.2. The van der Waals surface area contributed by atoms with Gasteiger partial charge in [0.1, 0.15) is 5.78 Å². The van der Waals surface area contributed by atoms with Gasteiger partial charge in [0.15, 0.2) is 0 Å². The summed E-state index contributed by atoms with van der Waals surface area (Å²) in [6, 6.07) is 0.611. The first-order chi connectivity index (χ1) is 7.22. The van der Waals surface area contributed by atoms with Gasteiger partial charge in [-0.25, -0.2) is 0 Å². The molecule has 1 aliphatic heterocycles. The summed E-state index contributed by atoms with van der Waals surface area (Å²) in [5.41, 5.74) is 0. The standard InChI is InChI=1S/C13H25NO/c1-3-11(2)10-13(15)8-7-12-6-4-5-9-14-12/h11-12,14H,3-10H2,1-2H3. The summed E-state index contributed by atoms with van der Waals surface area (Å²) in [5.74, 6) is 1.02. The molecule has 15 heavy (non-hydrogen) atoms. The quantitative estimate of drug-likeness (QED) is 0.732. The molecular weight excluding hydrogens is 186 g/mol. The van der Waals surface area contributed by atoms with Crippen molar-refractivity contribution in [3.63, 3.8) is 0 Å². The molecule has 1 heterocycles. The van der Waals surface area contributed by atoms with Crippen LogP contribution in [0.1, 0.15) is 58.8 Å². The Morgan fingerprint density at radius 3 is 2.87 bits per heavy atom. The van der Waals surface area contributed by atoms with Crippen molar-refractivity contribution < 1.29 is 4.79 Å². The zero-order chi connectivity index (χ0) is 11.1. The van der Waals surface area contributed by atoms with E-state index in [2.05, 4.69) is 19.2 Å². The number of hydrogen-bond acceptors (Lipinski definition) is 2. The number of rotatable bonds is 6. The van der Waals surface area contributed by atoms with E-state index in [-0.39, 0.29) is 0 Å². The molecule has 2 nitrogen and oxygen atoms in total. The Labute approximate surface area is 93.8 Å². The SMILES string of the molecule is CCC(C)CC(=O)CCC1CCCCN1. The lowest BCUT2D eigenvalue weighted by molar-refractivity contribution is -0.120. The minimum absolute atomic E-state index is 0.455. The minimum atomic E-state index is 0.455. The average Bonchev–Trinajstić information content (AvgIpc) is 2.27. The normalized spacial score (nSPS) is 23.7. The summed E-state index contributed by atoms with van der Waals surface area (Å²) < 4.78 is 0. The zero-order valence-electron chi connectivity index (χ0n) is 10.2. The number of carbonyl (C=O) groups is 1. The Morgan fingerprint density at radius 1 is 1.47 bits per heavy atom. The van der Waals surface area contributed by atoms with E-state index >= 15 is 0 Å². The predicted octanol–water partition coefficient (Wildman–Crippen LogP) is 2.91. The fourth-order valence-corrected chi connectivity index (χ4v) is 2.14. The van der Waals surface area contributed by atoms with E-state index in [4.69, 9.17) is 0 Å². The molecule has 1 aliphatic rings. The molecule has 1 saturated heterocycles. The first kappa shape index (κ1) is 12.7. The topological polar surface area (TPSA) is 29.1 Å². The number of Topliss-reactive ketones (excluding diaryl/α,β-unsaturated/α-hetero) is 1. The number of nitrogens with one attached hydrogen (secondary N) is 1. The van der Waals surface area contributed by atoms with E-state index in [1.807, 2.05) is 0 Å². The Kier molecular flexibility index (Phi) is 5.92. The maximum atomic E-state index is 11.6. The smallest absolute Gasteiger partial charge is 0.133 e. The molecule has 2 heteroatoms. The van der Waals surface area contributed by atoms with Crippen molar-refractivity contribution in [2.75, 3.05) is 6.54 Å². The van der Waals surface area contributed by atoms with Crippen LogP contribution in [0.4, 0.5) is 0 Å². The Morgan fingerprint density at radius 2 is 2.27 bits per heavy atom. The van der Waals surface area contributed by atoms with Crippen LogP contribution in [0.25, 0.3) is 0 Å². The van der Waals surface area contributed by atoms with Crippen LogP contribution in [-0.4, -0.2) is 18.4 Å². The molecule has 1 N–H and O–H groups in total. The van der Waals surface area contributed by atoms with Crippen molar-refractivity contribution in [2.24, 2.45) is 5.92 Å². The minimum Gasteiger partial charge on any atom is -0.314 e. The van der Waals surface area contributed by atoms with Gasteiger partial charge in [-0.3, -0.25) is 4.79 Å². The highest BCUT2D eigenvalue weighted by atomic mass is 16.1. The van der Waals surface area contributed by atoms with E-state index in [1.165, 1.54) is 19.3 Å².